The van der Waals surface area contributed by atoms with Crippen molar-refractivity contribution in [1.29, 1.82) is 0 Å². The van der Waals surface area contributed by atoms with Crippen LogP contribution in [0.15, 0.2) is 97.2 Å². The molecule has 0 saturated heterocycles. The molecule has 9 nitrogen and oxygen atoms in total. The van der Waals surface area contributed by atoms with Crippen molar-refractivity contribution in [3.05, 3.63) is 97.2 Å². The molecule has 0 aromatic rings. The number of hydrogen-bond donors (Lipinski definition) is 2. The summed E-state index contributed by atoms with van der Waals surface area (Å²) in [6.07, 6.45) is 104. The Morgan fingerprint density at radius 1 is 0.330 bits per heavy atom. The molecule has 0 aliphatic rings. The Hall–Kier alpha value is -3.07. The van der Waals surface area contributed by atoms with Crippen molar-refractivity contribution in [2.24, 2.45) is 5.73 Å². The number of carbonyl (C=O) groups is 2. The van der Waals surface area contributed by atoms with Gasteiger partial charge in [-0.1, -0.05) is 368 Å². The average Bonchev–Trinajstić information content (AvgIpc) is 3.74. The molecule has 91 heavy (non-hydrogen) atoms. The minimum Gasteiger partial charge on any atom is -0.462 e. The Balaban J connectivity index is 3.78. The van der Waals surface area contributed by atoms with E-state index >= 15 is 0 Å². The lowest BCUT2D eigenvalue weighted by Crippen LogP contribution is -2.29. The van der Waals surface area contributed by atoms with Gasteiger partial charge in [-0.2, -0.15) is 0 Å². The molecule has 0 rings (SSSR count). The maximum Gasteiger partial charge on any atom is 0.472 e. The van der Waals surface area contributed by atoms with E-state index in [9.17, 15) is 19.0 Å². The van der Waals surface area contributed by atoms with Crippen molar-refractivity contribution in [2.45, 2.75) is 380 Å². The van der Waals surface area contributed by atoms with Crippen LogP contribution < -0.4 is 5.73 Å². The Morgan fingerprint density at radius 3 is 0.846 bits per heavy atom. The second-order valence-electron chi connectivity index (χ2n) is 25.8. The molecule has 528 valence electrons. The van der Waals surface area contributed by atoms with Gasteiger partial charge < -0.3 is 20.1 Å². The summed E-state index contributed by atoms with van der Waals surface area (Å²) in [5.74, 6) is -0.808. The van der Waals surface area contributed by atoms with Crippen LogP contribution in [0.25, 0.3) is 0 Å². The van der Waals surface area contributed by atoms with Gasteiger partial charge in [0.25, 0.3) is 0 Å². The molecule has 0 saturated carbocycles. The van der Waals surface area contributed by atoms with Crippen molar-refractivity contribution < 1.29 is 37.6 Å². The van der Waals surface area contributed by atoms with Crippen LogP contribution in [-0.2, 0) is 32.7 Å². The number of allylic oxidation sites excluding steroid dienone is 16. The maximum absolute atomic E-state index is 12.8. The number of phosphoric acid groups is 1. The highest BCUT2D eigenvalue weighted by Crippen LogP contribution is 2.43. The zero-order valence-corrected chi connectivity index (χ0v) is 60.5. The van der Waals surface area contributed by atoms with Crippen LogP contribution in [0.1, 0.15) is 373 Å². The Bertz CT molecular complexity index is 1820. The molecule has 0 aliphatic heterocycles. The van der Waals surface area contributed by atoms with E-state index in [1.165, 1.54) is 257 Å². The molecule has 2 atom stereocenters. The molecule has 0 aromatic carbocycles. The fourth-order valence-corrected chi connectivity index (χ4v) is 12.1. The highest BCUT2D eigenvalue weighted by atomic mass is 31.2. The minimum absolute atomic E-state index is 0.0537. The van der Waals surface area contributed by atoms with Crippen molar-refractivity contribution >= 4 is 19.8 Å². The predicted molar refractivity (Wildman–Crippen MR) is 395 cm³/mol. The lowest BCUT2D eigenvalue weighted by Gasteiger charge is -2.19. The fourth-order valence-electron chi connectivity index (χ4n) is 11.3. The van der Waals surface area contributed by atoms with Gasteiger partial charge in [-0.3, -0.25) is 18.6 Å². The summed E-state index contributed by atoms with van der Waals surface area (Å²) in [5.41, 5.74) is 5.41. The average molecular weight is 1290 g/mol. The summed E-state index contributed by atoms with van der Waals surface area (Å²) in [4.78, 5) is 35.4. The first-order chi connectivity index (χ1) is 44.8. The molecule has 3 N–H and O–H groups in total. The number of phosphoric ester groups is 1. The van der Waals surface area contributed by atoms with Crippen LogP contribution in [0.2, 0.25) is 0 Å². The first-order valence-electron chi connectivity index (χ1n) is 38.7. The van der Waals surface area contributed by atoms with Gasteiger partial charge in [0.15, 0.2) is 6.10 Å². The quantitative estimate of drug-likeness (QED) is 0.0264. The molecule has 0 fully saturated rings. The molecule has 2 unspecified atom stereocenters. The minimum atomic E-state index is -4.40. The lowest BCUT2D eigenvalue weighted by molar-refractivity contribution is -0.161. The normalized spacial score (nSPS) is 13.4. The summed E-state index contributed by atoms with van der Waals surface area (Å²) >= 11 is 0. The zero-order valence-electron chi connectivity index (χ0n) is 59.6. The van der Waals surface area contributed by atoms with E-state index in [4.69, 9.17) is 24.3 Å². The summed E-state index contributed by atoms with van der Waals surface area (Å²) in [6, 6.07) is 0. The van der Waals surface area contributed by atoms with Crippen LogP contribution in [0.4, 0.5) is 0 Å². The monoisotopic (exact) mass is 1290 g/mol. The Labute approximate surface area is 563 Å². The fraction of sp³-hybridized carbons (Fsp3) is 0.778. The molecule has 0 spiro atoms. The van der Waals surface area contributed by atoms with E-state index in [0.717, 1.165) is 83.5 Å². The van der Waals surface area contributed by atoms with Crippen molar-refractivity contribution in [3.8, 4) is 0 Å². The van der Waals surface area contributed by atoms with Crippen LogP contribution in [0.3, 0.4) is 0 Å². The summed E-state index contributed by atoms with van der Waals surface area (Å²) < 4.78 is 33.3. The molecule has 0 heterocycles. The third kappa shape index (κ3) is 75.8. The number of ether oxygens (including phenoxy) is 2. The van der Waals surface area contributed by atoms with Crippen molar-refractivity contribution in [3.63, 3.8) is 0 Å². The van der Waals surface area contributed by atoms with Gasteiger partial charge in [0.2, 0.25) is 0 Å². The number of hydrogen-bond acceptors (Lipinski definition) is 8. The van der Waals surface area contributed by atoms with Gasteiger partial charge in [0, 0.05) is 19.4 Å². The van der Waals surface area contributed by atoms with E-state index in [-0.39, 0.29) is 38.6 Å². The van der Waals surface area contributed by atoms with Crippen molar-refractivity contribution in [1.82, 2.24) is 0 Å². The molecule has 0 amide bonds. The first kappa shape index (κ1) is 87.9. The number of nitrogens with two attached hydrogens (primary N) is 1. The standard InChI is InChI=1S/C81H146NO8P/c1-3-5-7-9-11-13-15-17-19-21-23-25-27-29-31-33-35-37-38-39-40-42-44-46-48-50-52-54-56-58-60-62-64-66-68-70-72-74-81(84)90-79(78-89-91(85,86)88-76-75-82)77-87-80(83)73-71-69-67-65-63-61-59-57-55-53-51-49-47-45-43-41-36-34-32-30-28-26-24-22-20-18-16-14-12-10-8-6-4-2/h5-8,11-14,17-20,23-26,79H,3-4,9-10,15-16,21-22,27-78,82H2,1-2H3,(H,85,86)/b7-5-,8-6-,13-11-,14-12-,19-17-,20-18-,25-23-,26-24-. The molecular weight excluding hydrogens is 1150 g/mol. The highest BCUT2D eigenvalue weighted by Gasteiger charge is 2.26. The third-order valence-electron chi connectivity index (χ3n) is 17.0. The van der Waals surface area contributed by atoms with E-state index in [0.29, 0.717) is 6.42 Å². The van der Waals surface area contributed by atoms with Crippen LogP contribution in [0.5, 0.6) is 0 Å². The summed E-state index contributed by atoms with van der Waals surface area (Å²) in [6.45, 7) is 3.58. The molecule has 0 radical (unpaired) electrons. The van der Waals surface area contributed by atoms with Gasteiger partial charge in [0.05, 0.1) is 13.2 Å². The molecule has 0 bridgehead atoms. The smallest absolute Gasteiger partial charge is 0.462 e. The van der Waals surface area contributed by atoms with Gasteiger partial charge in [-0.25, -0.2) is 4.57 Å². The SMILES string of the molecule is CC/C=C\C/C=C\C/C=C\C/C=C\CCCCCCCCCCCCCCCCCCCCCCCCCCC(=O)OC(COC(=O)CCCCCCCCCCCCCCCCCCCCCC/C=C\C/C=C\C/C=C\C/C=C\CC)COP(=O)(O)OCCN. The van der Waals surface area contributed by atoms with Gasteiger partial charge >= 0.3 is 19.8 Å². The number of carbonyl (C=O) groups excluding carboxylic acids is 2. The Morgan fingerprint density at radius 2 is 0.571 bits per heavy atom. The first-order valence-corrected chi connectivity index (χ1v) is 40.2. The molecular formula is C81H146NO8P. The lowest BCUT2D eigenvalue weighted by atomic mass is 10.0. The van der Waals surface area contributed by atoms with E-state index in [1.54, 1.807) is 0 Å². The van der Waals surface area contributed by atoms with E-state index in [2.05, 4.69) is 111 Å². The van der Waals surface area contributed by atoms with E-state index in [1.807, 2.05) is 0 Å². The third-order valence-corrected chi connectivity index (χ3v) is 17.9. The van der Waals surface area contributed by atoms with Crippen LogP contribution >= 0.6 is 7.82 Å². The zero-order chi connectivity index (χ0) is 65.8. The van der Waals surface area contributed by atoms with Crippen LogP contribution in [0, 0.1) is 0 Å². The van der Waals surface area contributed by atoms with Gasteiger partial charge in [0.1, 0.15) is 6.61 Å². The van der Waals surface area contributed by atoms with Gasteiger partial charge in [-0.15, -0.1) is 0 Å². The van der Waals surface area contributed by atoms with E-state index < -0.39 is 26.5 Å². The maximum atomic E-state index is 12.8. The molecule has 0 aliphatic carbocycles. The van der Waals surface area contributed by atoms with Crippen LogP contribution in [-0.4, -0.2) is 49.3 Å². The number of rotatable bonds is 73. The largest absolute Gasteiger partial charge is 0.472 e. The number of esters is 2. The van der Waals surface area contributed by atoms with Gasteiger partial charge in [-0.05, 0) is 89.9 Å². The molecule has 0 aromatic heterocycles. The highest BCUT2D eigenvalue weighted by molar-refractivity contribution is 7.47. The molecule has 10 heteroatoms. The second kappa shape index (κ2) is 76.0. The second-order valence-corrected chi connectivity index (χ2v) is 27.3. The van der Waals surface area contributed by atoms with Crippen molar-refractivity contribution in [2.75, 3.05) is 26.4 Å². The summed E-state index contributed by atoms with van der Waals surface area (Å²) in [7, 11) is -4.40. The Kier molecular flexibility index (Phi) is 73.4. The predicted octanol–water partition coefficient (Wildman–Crippen LogP) is 25.9. The summed E-state index contributed by atoms with van der Waals surface area (Å²) in [5, 5.41) is 0. The topological polar surface area (TPSA) is 134 Å². The number of unbranched alkanes of at least 4 members (excludes halogenated alkanes) is 44.